The monoisotopic (exact) mass is 317 g/mol. The van der Waals surface area contributed by atoms with E-state index in [2.05, 4.69) is 9.17 Å². The number of hydrogen-bond acceptors (Lipinski definition) is 6. The highest BCUT2D eigenvalue weighted by atomic mass is 32.2. The minimum absolute atomic E-state index is 0.0652. The maximum atomic E-state index is 11.9. The van der Waals surface area contributed by atoms with Crippen molar-refractivity contribution < 1.29 is 21.4 Å². The molecule has 7 nitrogen and oxygen atoms in total. The molecule has 0 aliphatic heterocycles. The Labute approximate surface area is 119 Å². The average Bonchev–Trinajstić information content (AvgIpc) is 2.64. The first kappa shape index (κ1) is 15.1. The third-order valence-electron chi connectivity index (χ3n) is 2.63. The van der Waals surface area contributed by atoms with E-state index in [1.54, 1.807) is 24.3 Å². The van der Waals surface area contributed by atoms with Gasteiger partial charge in [-0.25, -0.2) is 21.6 Å². The molecular formula is C11H13N2O5S2-. The predicted octanol–water partition coefficient (Wildman–Crippen LogP) is 0.586. The summed E-state index contributed by atoms with van der Waals surface area (Å²) in [5.74, 6) is 0.242. The Hall–Kier alpha value is -1.29. The van der Waals surface area contributed by atoms with E-state index in [0.29, 0.717) is 11.0 Å². The molecule has 110 valence electrons. The zero-order valence-electron chi connectivity index (χ0n) is 10.8. The number of hydrogen-bond donors (Lipinski definition) is 0. The summed E-state index contributed by atoms with van der Waals surface area (Å²) in [6.07, 6.45) is 0.433. The van der Waals surface area contributed by atoms with E-state index < -0.39 is 27.5 Å². The average molecular weight is 317 g/mol. The van der Waals surface area contributed by atoms with Gasteiger partial charge in [0, 0.05) is 6.42 Å². The van der Waals surface area contributed by atoms with E-state index in [-0.39, 0.29) is 12.2 Å². The van der Waals surface area contributed by atoms with Crippen molar-refractivity contribution in [1.29, 1.82) is 0 Å². The molecule has 0 aliphatic carbocycles. The van der Waals surface area contributed by atoms with Gasteiger partial charge >= 0.3 is 0 Å². The second-order valence-electron chi connectivity index (χ2n) is 4.36. The van der Waals surface area contributed by atoms with E-state index in [4.69, 9.17) is 0 Å². The molecule has 0 spiro atoms. The van der Waals surface area contributed by atoms with E-state index >= 15 is 0 Å². The first-order valence-corrected chi connectivity index (χ1v) is 8.57. The maximum Gasteiger partial charge on any atom is 0.237 e. The van der Waals surface area contributed by atoms with Gasteiger partial charge in [-0.2, -0.15) is 0 Å². The van der Waals surface area contributed by atoms with Crippen LogP contribution in [0.3, 0.4) is 0 Å². The summed E-state index contributed by atoms with van der Waals surface area (Å²) >= 11 is -2.65. The molecule has 1 heterocycles. The molecule has 20 heavy (non-hydrogen) atoms. The van der Waals surface area contributed by atoms with Crippen LogP contribution in [0.2, 0.25) is 0 Å². The number of rotatable bonds is 5. The van der Waals surface area contributed by atoms with Gasteiger partial charge in [-0.15, -0.1) is 0 Å². The first-order chi connectivity index (χ1) is 9.29. The van der Waals surface area contributed by atoms with E-state index in [1.807, 2.05) is 0 Å². The summed E-state index contributed by atoms with van der Waals surface area (Å²) in [5, 5.41) is 0. The first-order valence-electron chi connectivity index (χ1n) is 5.72. The molecule has 2 unspecified atom stereocenters. The lowest BCUT2D eigenvalue weighted by molar-refractivity contribution is 0.217. The van der Waals surface area contributed by atoms with Gasteiger partial charge in [-0.3, -0.25) is 4.18 Å². The molecule has 0 bridgehead atoms. The minimum atomic E-state index is -3.55. The van der Waals surface area contributed by atoms with Gasteiger partial charge in [-0.1, -0.05) is 12.1 Å². The lowest BCUT2D eigenvalue weighted by atomic mass is 10.3. The predicted molar refractivity (Wildman–Crippen MR) is 73.1 cm³/mol. The van der Waals surface area contributed by atoms with Crippen molar-refractivity contribution in [2.45, 2.75) is 19.4 Å². The summed E-state index contributed by atoms with van der Waals surface area (Å²) in [6, 6.07) is 6.79. The quantitative estimate of drug-likeness (QED) is 0.748. The van der Waals surface area contributed by atoms with Gasteiger partial charge in [-0.05, 0) is 19.1 Å². The Morgan fingerprint density at radius 1 is 1.45 bits per heavy atom. The van der Waals surface area contributed by atoms with Gasteiger partial charge in [0.2, 0.25) is 10.0 Å². The lowest BCUT2D eigenvalue weighted by Gasteiger charge is -2.14. The fraction of sp³-hybridized carbons (Fsp3) is 0.364. The molecule has 0 fully saturated rings. The molecule has 1 aromatic heterocycles. The van der Waals surface area contributed by atoms with Crippen LogP contribution in [0.15, 0.2) is 24.3 Å². The van der Waals surface area contributed by atoms with E-state index in [1.165, 1.54) is 6.92 Å². The Kier molecular flexibility index (Phi) is 4.23. The van der Waals surface area contributed by atoms with Gasteiger partial charge in [0.15, 0.2) is 0 Å². The number of fused-ring (bicyclic) bond motifs is 1. The molecular weight excluding hydrogens is 304 g/mol. The SMILES string of the molecule is CC(Cc1nc2ccccc2n1S(C)(=O)=O)OS(=O)[O-]. The Morgan fingerprint density at radius 3 is 2.70 bits per heavy atom. The van der Waals surface area contributed by atoms with Gasteiger partial charge < -0.3 is 4.55 Å². The van der Waals surface area contributed by atoms with Gasteiger partial charge in [0.05, 0.1) is 34.8 Å². The highest BCUT2D eigenvalue weighted by molar-refractivity contribution is 7.89. The summed E-state index contributed by atoms with van der Waals surface area (Å²) in [5.41, 5.74) is 0.990. The fourth-order valence-electron chi connectivity index (χ4n) is 1.98. The number of benzene rings is 1. The zero-order chi connectivity index (χ0) is 14.9. The third-order valence-corrected chi connectivity index (χ3v) is 4.19. The van der Waals surface area contributed by atoms with Crippen LogP contribution in [0.5, 0.6) is 0 Å². The van der Waals surface area contributed by atoms with Crippen molar-refractivity contribution in [3.8, 4) is 0 Å². The number of imidazole rings is 1. The van der Waals surface area contributed by atoms with Crippen LogP contribution in [-0.4, -0.2) is 38.5 Å². The van der Waals surface area contributed by atoms with Crippen LogP contribution < -0.4 is 0 Å². The third kappa shape index (κ3) is 3.23. The fourth-order valence-corrected chi connectivity index (χ4v) is 3.32. The molecule has 0 aliphatic rings. The van der Waals surface area contributed by atoms with Crippen LogP contribution in [0.25, 0.3) is 11.0 Å². The smallest absolute Gasteiger partial charge is 0.237 e. The largest absolute Gasteiger partial charge is 0.750 e. The molecule has 2 atom stereocenters. The summed E-state index contributed by atoms with van der Waals surface area (Å²) < 4.78 is 50.5. The normalized spacial score (nSPS) is 15.3. The molecule has 9 heteroatoms. The highest BCUT2D eigenvalue weighted by Crippen LogP contribution is 2.19. The summed E-state index contributed by atoms with van der Waals surface area (Å²) in [7, 11) is -3.55. The van der Waals surface area contributed by atoms with Crippen molar-refractivity contribution in [2.75, 3.05) is 6.26 Å². The van der Waals surface area contributed by atoms with Gasteiger partial charge in [0.25, 0.3) is 0 Å². The summed E-state index contributed by atoms with van der Waals surface area (Å²) in [6.45, 7) is 1.53. The van der Waals surface area contributed by atoms with Crippen LogP contribution in [-0.2, 0) is 32.0 Å². The highest BCUT2D eigenvalue weighted by Gasteiger charge is 2.19. The molecule has 2 aromatic rings. The second-order valence-corrected chi connectivity index (χ2v) is 6.79. The van der Waals surface area contributed by atoms with Crippen LogP contribution in [0, 0.1) is 0 Å². The maximum absolute atomic E-state index is 11.9. The van der Waals surface area contributed by atoms with Crippen molar-refractivity contribution in [2.24, 2.45) is 0 Å². The van der Waals surface area contributed by atoms with Crippen molar-refractivity contribution >= 4 is 32.4 Å². The topological polar surface area (TPSA) is 101 Å². The van der Waals surface area contributed by atoms with Crippen LogP contribution >= 0.6 is 0 Å². The minimum Gasteiger partial charge on any atom is -0.750 e. The van der Waals surface area contributed by atoms with Crippen molar-refractivity contribution in [1.82, 2.24) is 8.96 Å². The van der Waals surface area contributed by atoms with Crippen molar-refractivity contribution in [3.63, 3.8) is 0 Å². The van der Waals surface area contributed by atoms with E-state index in [0.717, 1.165) is 10.2 Å². The number of nitrogens with zero attached hydrogens (tertiary/aromatic N) is 2. The molecule has 0 radical (unpaired) electrons. The van der Waals surface area contributed by atoms with Crippen LogP contribution in [0.1, 0.15) is 12.7 Å². The Morgan fingerprint density at radius 2 is 2.10 bits per heavy atom. The van der Waals surface area contributed by atoms with Gasteiger partial charge in [0.1, 0.15) is 5.82 Å². The Balaban J connectivity index is 2.50. The molecule has 0 amide bonds. The number of aromatic nitrogens is 2. The Bertz CT molecular complexity index is 753. The molecule has 0 N–H and O–H groups in total. The molecule has 1 aromatic carbocycles. The van der Waals surface area contributed by atoms with Crippen LogP contribution in [0.4, 0.5) is 0 Å². The van der Waals surface area contributed by atoms with E-state index in [9.17, 15) is 17.2 Å². The van der Waals surface area contributed by atoms with Crippen molar-refractivity contribution in [3.05, 3.63) is 30.1 Å². The lowest BCUT2D eigenvalue weighted by Crippen LogP contribution is -2.20. The molecule has 2 rings (SSSR count). The number of para-hydroxylation sites is 2. The zero-order valence-corrected chi connectivity index (χ0v) is 12.5. The molecule has 0 saturated heterocycles. The molecule has 0 saturated carbocycles. The second kappa shape index (κ2) is 5.60. The standard InChI is InChI=1S/C11H14N2O5S2/c1-8(18-19(14)15)7-11-12-9-5-3-4-6-10(9)13(11)20(2,16)17/h3-6,8H,7H2,1-2H3,(H,14,15)/p-1. The summed E-state index contributed by atoms with van der Waals surface area (Å²) in [4.78, 5) is 4.23.